The number of aryl methyl sites for hydroxylation is 2. The van der Waals surface area contributed by atoms with Crippen molar-refractivity contribution in [3.05, 3.63) is 34.6 Å². The molecule has 0 unspecified atom stereocenters. The summed E-state index contributed by atoms with van der Waals surface area (Å²) in [6.07, 6.45) is 0. The number of benzene rings is 1. The summed E-state index contributed by atoms with van der Waals surface area (Å²) in [4.78, 5) is 0. The van der Waals surface area contributed by atoms with Crippen molar-refractivity contribution < 1.29 is 4.42 Å². The predicted molar refractivity (Wildman–Crippen MR) is 86.4 cm³/mol. The molecule has 0 aliphatic heterocycles. The Labute approximate surface area is 122 Å². The molecule has 1 aromatic heterocycles. The number of hydrogen-bond acceptors (Lipinski definition) is 2. The van der Waals surface area contributed by atoms with E-state index in [1.807, 2.05) is 0 Å². The van der Waals surface area contributed by atoms with Crippen LogP contribution in [0.5, 0.6) is 0 Å². The molecular formula is C18H27NO. The van der Waals surface area contributed by atoms with Crippen LogP contribution in [0.15, 0.2) is 16.5 Å². The number of fused-ring (bicyclic) bond motifs is 1. The third kappa shape index (κ3) is 2.90. The summed E-state index contributed by atoms with van der Waals surface area (Å²) in [5.74, 6) is 1.54. The number of nitrogens with one attached hydrogen (secondary N) is 1. The van der Waals surface area contributed by atoms with Gasteiger partial charge in [0, 0.05) is 10.9 Å². The van der Waals surface area contributed by atoms with E-state index in [4.69, 9.17) is 4.42 Å². The Kier molecular flexibility index (Phi) is 3.97. The van der Waals surface area contributed by atoms with E-state index in [1.54, 1.807) is 0 Å². The van der Waals surface area contributed by atoms with Crippen LogP contribution < -0.4 is 5.32 Å². The molecule has 0 amide bonds. The molecule has 0 bridgehead atoms. The third-order valence-electron chi connectivity index (χ3n) is 3.82. The summed E-state index contributed by atoms with van der Waals surface area (Å²) in [6, 6.07) is 4.41. The molecule has 0 aliphatic carbocycles. The van der Waals surface area contributed by atoms with Crippen molar-refractivity contribution in [1.82, 2.24) is 5.32 Å². The molecule has 0 saturated carbocycles. The van der Waals surface area contributed by atoms with E-state index in [9.17, 15) is 0 Å². The van der Waals surface area contributed by atoms with E-state index in [1.165, 1.54) is 22.1 Å². The van der Waals surface area contributed by atoms with Gasteiger partial charge in [-0.05, 0) is 57.2 Å². The molecule has 2 aromatic rings. The average Bonchev–Trinajstić information content (AvgIpc) is 2.64. The molecule has 1 N–H and O–H groups in total. The van der Waals surface area contributed by atoms with Crippen molar-refractivity contribution in [3.63, 3.8) is 0 Å². The first-order valence-electron chi connectivity index (χ1n) is 7.47. The van der Waals surface area contributed by atoms with Crippen LogP contribution in [0.2, 0.25) is 0 Å². The predicted octanol–water partition coefficient (Wildman–Crippen LogP) is 5.06. The molecule has 0 saturated heterocycles. The van der Waals surface area contributed by atoms with Crippen molar-refractivity contribution in [2.24, 2.45) is 0 Å². The van der Waals surface area contributed by atoms with Gasteiger partial charge in [0.05, 0.1) is 6.54 Å². The smallest absolute Gasteiger partial charge is 0.138 e. The Morgan fingerprint density at radius 2 is 1.80 bits per heavy atom. The lowest BCUT2D eigenvalue weighted by Crippen LogP contribution is -2.35. The maximum Gasteiger partial charge on any atom is 0.138 e. The van der Waals surface area contributed by atoms with Crippen LogP contribution >= 0.6 is 0 Å². The largest absolute Gasteiger partial charge is 0.459 e. The molecule has 0 atom stereocenters. The molecule has 0 aliphatic rings. The van der Waals surface area contributed by atoms with Crippen molar-refractivity contribution in [2.75, 3.05) is 0 Å². The van der Waals surface area contributed by atoms with Gasteiger partial charge < -0.3 is 9.73 Å². The van der Waals surface area contributed by atoms with Gasteiger partial charge in [0.2, 0.25) is 0 Å². The summed E-state index contributed by atoms with van der Waals surface area (Å²) < 4.78 is 6.20. The van der Waals surface area contributed by atoms with Gasteiger partial charge in [-0.3, -0.25) is 0 Å². The first-order valence-corrected chi connectivity index (χ1v) is 7.47. The fourth-order valence-electron chi connectivity index (χ4n) is 2.58. The molecule has 2 rings (SSSR count). The summed E-state index contributed by atoms with van der Waals surface area (Å²) in [6.45, 7) is 16.1. The molecule has 20 heavy (non-hydrogen) atoms. The van der Waals surface area contributed by atoms with Gasteiger partial charge in [0.15, 0.2) is 0 Å². The van der Waals surface area contributed by atoms with Crippen molar-refractivity contribution in [3.8, 4) is 0 Å². The minimum Gasteiger partial charge on any atom is -0.459 e. The highest BCUT2D eigenvalue weighted by molar-refractivity contribution is 5.88. The summed E-state index contributed by atoms with van der Waals surface area (Å²) >= 11 is 0. The fraction of sp³-hybridized carbons (Fsp3) is 0.556. The molecule has 0 spiro atoms. The summed E-state index contributed by atoms with van der Waals surface area (Å²) in [5.41, 5.74) is 5.05. The van der Waals surface area contributed by atoms with Crippen LogP contribution in [0.25, 0.3) is 11.0 Å². The second kappa shape index (κ2) is 5.25. The molecule has 0 radical (unpaired) electrons. The minimum absolute atomic E-state index is 0.0985. The highest BCUT2D eigenvalue weighted by atomic mass is 16.3. The van der Waals surface area contributed by atoms with E-state index in [-0.39, 0.29) is 5.54 Å². The van der Waals surface area contributed by atoms with Crippen molar-refractivity contribution in [1.29, 1.82) is 0 Å². The Morgan fingerprint density at radius 3 is 2.35 bits per heavy atom. The van der Waals surface area contributed by atoms with Crippen LogP contribution in [0.4, 0.5) is 0 Å². The molecular weight excluding hydrogens is 246 g/mol. The van der Waals surface area contributed by atoms with Gasteiger partial charge in [0.25, 0.3) is 0 Å². The Bertz CT molecular complexity index is 614. The lowest BCUT2D eigenvalue weighted by atomic mass is 9.97. The maximum atomic E-state index is 6.20. The highest BCUT2D eigenvalue weighted by Gasteiger charge is 2.18. The van der Waals surface area contributed by atoms with Crippen molar-refractivity contribution in [2.45, 2.75) is 66.5 Å². The van der Waals surface area contributed by atoms with Gasteiger partial charge in [-0.1, -0.05) is 26.0 Å². The normalized spacial score (nSPS) is 12.6. The zero-order valence-corrected chi connectivity index (χ0v) is 13.8. The van der Waals surface area contributed by atoms with Gasteiger partial charge in [-0.15, -0.1) is 0 Å². The molecule has 2 nitrogen and oxygen atoms in total. The Hall–Kier alpha value is -1.28. The van der Waals surface area contributed by atoms with Crippen LogP contribution in [0.1, 0.15) is 63.0 Å². The topological polar surface area (TPSA) is 25.2 Å². The molecule has 2 heteroatoms. The first-order chi connectivity index (χ1) is 9.20. The second-order valence-corrected chi connectivity index (χ2v) is 7.08. The maximum absolute atomic E-state index is 6.20. The zero-order chi connectivity index (χ0) is 15.1. The second-order valence-electron chi connectivity index (χ2n) is 7.08. The first kappa shape index (κ1) is 15.1. The summed E-state index contributed by atoms with van der Waals surface area (Å²) in [5, 5.41) is 4.81. The van der Waals surface area contributed by atoms with E-state index >= 15 is 0 Å². The monoisotopic (exact) mass is 273 g/mol. The highest BCUT2D eigenvalue weighted by Crippen LogP contribution is 2.34. The van der Waals surface area contributed by atoms with Gasteiger partial charge in [0.1, 0.15) is 11.3 Å². The molecule has 1 aromatic carbocycles. The van der Waals surface area contributed by atoms with E-state index in [2.05, 4.69) is 65.9 Å². The van der Waals surface area contributed by atoms with Crippen LogP contribution in [-0.2, 0) is 6.54 Å². The molecule has 1 heterocycles. The zero-order valence-electron chi connectivity index (χ0n) is 13.8. The van der Waals surface area contributed by atoms with Gasteiger partial charge >= 0.3 is 0 Å². The number of rotatable bonds is 3. The van der Waals surface area contributed by atoms with E-state index < -0.39 is 0 Å². The number of furan rings is 1. The minimum atomic E-state index is 0.0985. The SMILES string of the molecule is Cc1ccc(C(C)C)c2oc(CNC(C)(C)C)c(C)c12. The molecule has 110 valence electrons. The van der Waals surface area contributed by atoms with Crippen LogP contribution in [-0.4, -0.2) is 5.54 Å². The third-order valence-corrected chi connectivity index (χ3v) is 3.82. The molecule has 0 fully saturated rings. The van der Waals surface area contributed by atoms with Crippen LogP contribution in [0, 0.1) is 13.8 Å². The van der Waals surface area contributed by atoms with Gasteiger partial charge in [-0.2, -0.15) is 0 Å². The lowest BCUT2D eigenvalue weighted by molar-refractivity contribution is 0.393. The summed E-state index contributed by atoms with van der Waals surface area (Å²) in [7, 11) is 0. The lowest BCUT2D eigenvalue weighted by Gasteiger charge is -2.19. The fourth-order valence-corrected chi connectivity index (χ4v) is 2.58. The number of hydrogen-bond donors (Lipinski definition) is 1. The van der Waals surface area contributed by atoms with Crippen molar-refractivity contribution >= 4 is 11.0 Å². The average molecular weight is 273 g/mol. The Morgan fingerprint density at radius 1 is 1.15 bits per heavy atom. The standard InChI is InChI=1S/C18H27NO/c1-11(2)14-9-8-12(3)16-13(4)15(20-17(14)16)10-19-18(5,6)7/h8-9,11,19H,10H2,1-7H3. The Balaban J connectivity index is 2.51. The van der Waals surface area contributed by atoms with Gasteiger partial charge in [-0.25, -0.2) is 0 Å². The van der Waals surface area contributed by atoms with Crippen LogP contribution in [0.3, 0.4) is 0 Å². The van der Waals surface area contributed by atoms with E-state index in [0.29, 0.717) is 5.92 Å². The quantitative estimate of drug-likeness (QED) is 0.845. The van der Waals surface area contributed by atoms with E-state index in [0.717, 1.165) is 17.9 Å².